The Morgan fingerprint density at radius 2 is 2.05 bits per heavy atom. The SMILES string of the molecule is CCCC(O)c1oc2ccccc2c1OCC(O)CCl. The number of benzene rings is 1. The molecule has 4 nitrogen and oxygen atoms in total. The molecule has 2 atom stereocenters. The Balaban J connectivity index is 2.34. The summed E-state index contributed by atoms with van der Waals surface area (Å²) in [6.07, 6.45) is -0.0343. The molecule has 5 heteroatoms. The molecule has 0 amide bonds. The van der Waals surface area contributed by atoms with Gasteiger partial charge in [0.05, 0.1) is 11.3 Å². The van der Waals surface area contributed by atoms with Crippen LogP contribution in [0.15, 0.2) is 28.7 Å². The topological polar surface area (TPSA) is 62.8 Å². The van der Waals surface area contributed by atoms with E-state index in [-0.39, 0.29) is 12.5 Å². The van der Waals surface area contributed by atoms with Crippen molar-refractivity contribution in [3.8, 4) is 5.75 Å². The molecule has 1 aromatic carbocycles. The van der Waals surface area contributed by atoms with Crippen LogP contribution in [0.3, 0.4) is 0 Å². The standard InChI is InChI=1S/C15H19ClO4/c1-2-5-12(18)15-14(19-9-10(17)8-16)11-6-3-4-7-13(11)20-15/h3-4,6-7,10,12,17-18H,2,5,8-9H2,1H3. The van der Waals surface area contributed by atoms with Crippen molar-refractivity contribution in [2.24, 2.45) is 0 Å². The summed E-state index contributed by atoms with van der Waals surface area (Å²) in [5.74, 6) is 1.00. The quantitative estimate of drug-likeness (QED) is 0.770. The lowest BCUT2D eigenvalue weighted by Gasteiger charge is -2.12. The van der Waals surface area contributed by atoms with Gasteiger partial charge in [-0.3, -0.25) is 0 Å². The van der Waals surface area contributed by atoms with Crippen molar-refractivity contribution < 1.29 is 19.4 Å². The maximum atomic E-state index is 10.2. The molecule has 0 spiro atoms. The van der Waals surface area contributed by atoms with Crippen LogP contribution in [0.2, 0.25) is 0 Å². The summed E-state index contributed by atoms with van der Waals surface area (Å²) in [4.78, 5) is 0. The number of fused-ring (bicyclic) bond motifs is 1. The fraction of sp³-hybridized carbons (Fsp3) is 0.467. The molecule has 0 bridgehead atoms. The minimum Gasteiger partial charge on any atom is -0.486 e. The van der Waals surface area contributed by atoms with Crippen LogP contribution in [0.25, 0.3) is 11.0 Å². The lowest BCUT2D eigenvalue weighted by molar-refractivity contribution is 0.110. The predicted octanol–water partition coefficient (Wildman–Crippen LogP) is 3.24. The first-order valence-corrected chi connectivity index (χ1v) is 7.27. The van der Waals surface area contributed by atoms with Gasteiger partial charge in [0.1, 0.15) is 24.4 Å². The van der Waals surface area contributed by atoms with Crippen LogP contribution in [0.1, 0.15) is 31.6 Å². The van der Waals surface area contributed by atoms with Gasteiger partial charge in [0, 0.05) is 0 Å². The summed E-state index contributed by atoms with van der Waals surface area (Å²) in [5, 5.41) is 20.5. The lowest BCUT2D eigenvalue weighted by Crippen LogP contribution is -2.19. The number of aliphatic hydroxyl groups is 2. The molecule has 2 unspecified atom stereocenters. The first-order chi connectivity index (χ1) is 9.67. The van der Waals surface area contributed by atoms with Gasteiger partial charge in [0.2, 0.25) is 0 Å². The third-order valence-corrected chi connectivity index (χ3v) is 3.39. The van der Waals surface area contributed by atoms with Crippen LogP contribution in [0.5, 0.6) is 5.75 Å². The summed E-state index contributed by atoms with van der Waals surface area (Å²) < 4.78 is 11.3. The number of aliphatic hydroxyl groups excluding tert-OH is 2. The summed E-state index contributed by atoms with van der Waals surface area (Å²) in [6.45, 7) is 2.06. The van der Waals surface area contributed by atoms with Gasteiger partial charge in [-0.25, -0.2) is 0 Å². The fourth-order valence-electron chi connectivity index (χ4n) is 2.04. The highest BCUT2D eigenvalue weighted by Gasteiger charge is 2.22. The Morgan fingerprint density at radius 1 is 1.30 bits per heavy atom. The molecule has 0 saturated heterocycles. The maximum absolute atomic E-state index is 10.2. The molecule has 0 aliphatic heterocycles. The van der Waals surface area contributed by atoms with Crippen molar-refractivity contribution in [3.63, 3.8) is 0 Å². The number of furan rings is 1. The minimum absolute atomic E-state index is 0.0683. The molecule has 2 N–H and O–H groups in total. The van der Waals surface area contributed by atoms with Crippen molar-refractivity contribution in [2.45, 2.75) is 32.0 Å². The number of rotatable bonds is 7. The van der Waals surface area contributed by atoms with Gasteiger partial charge in [-0.2, -0.15) is 0 Å². The number of hydrogen-bond donors (Lipinski definition) is 2. The Labute approximate surface area is 122 Å². The van der Waals surface area contributed by atoms with Crippen LogP contribution < -0.4 is 4.74 Å². The molecule has 1 aromatic heterocycles. The van der Waals surface area contributed by atoms with E-state index >= 15 is 0 Å². The lowest BCUT2D eigenvalue weighted by atomic mass is 10.1. The number of hydrogen-bond acceptors (Lipinski definition) is 4. The maximum Gasteiger partial charge on any atom is 0.175 e. The highest BCUT2D eigenvalue weighted by Crippen LogP contribution is 2.38. The number of ether oxygens (including phenoxy) is 1. The van der Waals surface area contributed by atoms with E-state index in [4.69, 9.17) is 20.8 Å². The summed E-state index contributed by atoms with van der Waals surface area (Å²) in [5.41, 5.74) is 0.660. The second-order valence-corrected chi connectivity index (χ2v) is 5.02. The van der Waals surface area contributed by atoms with Gasteiger partial charge in [0.15, 0.2) is 11.5 Å². The molecule has 0 saturated carbocycles. The highest BCUT2D eigenvalue weighted by molar-refractivity contribution is 6.18. The Morgan fingerprint density at radius 3 is 2.75 bits per heavy atom. The van der Waals surface area contributed by atoms with Crippen LogP contribution in [-0.2, 0) is 0 Å². The van der Waals surface area contributed by atoms with E-state index in [0.29, 0.717) is 23.5 Å². The van der Waals surface area contributed by atoms with E-state index in [0.717, 1.165) is 11.8 Å². The average molecular weight is 299 g/mol. The Bertz CT molecular complexity index is 552. The van der Waals surface area contributed by atoms with Crippen molar-refractivity contribution >= 4 is 22.6 Å². The number of para-hydroxylation sites is 1. The van der Waals surface area contributed by atoms with Gasteiger partial charge in [-0.1, -0.05) is 25.5 Å². The predicted molar refractivity (Wildman–Crippen MR) is 78.3 cm³/mol. The van der Waals surface area contributed by atoms with E-state index in [1.807, 2.05) is 31.2 Å². The van der Waals surface area contributed by atoms with Crippen LogP contribution in [0, 0.1) is 0 Å². The summed E-state index contributed by atoms with van der Waals surface area (Å²) in [7, 11) is 0. The largest absolute Gasteiger partial charge is 0.486 e. The number of alkyl halides is 1. The zero-order valence-electron chi connectivity index (χ0n) is 11.4. The molecular weight excluding hydrogens is 280 g/mol. The molecule has 20 heavy (non-hydrogen) atoms. The van der Waals surface area contributed by atoms with Crippen LogP contribution >= 0.6 is 11.6 Å². The molecular formula is C15H19ClO4. The average Bonchev–Trinajstić information content (AvgIpc) is 2.83. The van der Waals surface area contributed by atoms with E-state index in [9.17, 15) is 10.2 Å². The normalized spacial score (nSPS) is 14.4. The second kappa shape index (κ2) is 6.97. The molecule has 0 radical (unpaired) electrons. The second-order valence-electron chi connectivity index (χ2n) is 4.72. The highest BCUT2D eigenvalue weighted by atomic mass is 35.5. The van der Waals surface area contributed by atoms with Gasteiger partial charge in [0.25, 0.3) is 0 Å². The van der Waals surface area contributed by atoms with E-state index in [2.05, 4.69) is 0 Å². The molecule has 0 fully saturated rings. The third-order valence-electron chi connectivity index (χ3n) is 3.04. The fourth-order valence-corrected chi connectivity index (χ4v) is 2.13. The monoisotopic (exact) mass is 298 g/mol. The van der Waals surface area contributed by atoms with Crippen molar-refractivity contribution in [1.29, 1.82) is 0 Å². The van der Waals surface area contributed by atoms with E-state index < -0.39 is 12.2 Å². The molecule has 110 valence electrons. The van der Waals surface area contributed by atoms with Crippen LogP contribution in [-0.4, -0.2) is 28.8 Å². The van der Waals surface area contributed by atoms with Gasteiger partial charge >= 0.3 is 0 Å². The Kier molecular flexibility index (Phi) is 5.29. The van der Waals surface area contributed by atoms with Crippen LogP contribution in [0.4, 0.5) is 0 Å². The first-order valence-electron chi connectivity index (χ1n) is 6.73. The molecule has 1 heterocycles. The van der Waals surface area contributed by atoms with Gasteiger partial charge < -0.3 is 19.4 Å². The molecule has 2 aromatic rings. The van der Waals surface area contributed by atoms with Crippen molar-refractivity contribution in [2.75, 3.05) is 12.5 Å². The summed E-state index contributed by atoms with van der Waals surface area (Å²) in [6, 6.07) is 7.42. The first kappa shape index (κ1) is 15.2. The van der Waals surface area contributed by atoms with E-state index in [1.165, 1.54) is 0 Å². The smallest absolute Gasteiger partial charge is 0.175 e. The van der Waals surface area contributed by atoms with Gasteiger partial charge in [-0.15, -0.1) is 11.6 Å². The van der Waals surface area contributed by atoms with E-state index in [1.54, 1.807) is 0 Å². The molecule has 0 aliphatic carbocycles. The Hall–Kier alpha value is -1.23. The molecule has 0 aliphatic rings. The van der Waals surface area contributed by atoms with Crippen molar-refractivity contribution in [3.05, 3.63) is 30.0 Å². The number of halogens is 1. The zero-order chi connectivity index (χ0) is 14.5. The van der Waals surface area contributed by atoms with Gasteiger partial charge in [-0.05, 0) is 18.6 Å². The minimum atomic E-state index is -0.749. The molecule has 2 rings (SSSR count). The van der Waals surface area contributed by atoms with Crippen molar-refractivity contribution in [1.82, 2.24) is 0 Å². The third kappa shape index (κ3) is 3.26. The summed E-state index contributed by atoms with van der Waals surface area (Å²) >= 11 is 5.56. The zero-order valence-corrected chi connectivity index (χ0v) is 12.1.